The third-order valence-electron chi connectivity index (χ3n) is 3.38. The van der Waals surface area contributed by atoms with E-state index in [1.54, 1.807) is 55.6 Å². The molecule has 0 fully saturated rings. The first-order valence-electron chi connectivity index (χ1n) is 7.68. The lowest BCUT2D eigenvalue weighted by molar-refractivity contribution is 0.415. The maximum absolute atomic E-state index is 12.1. The maximum atomic E-state index is 12.1. The zero-order valence-corrected chi connectivity index (χ0v) is 17.7. The first-order valence-corrected chi connectivity index (χ1v) is 9.16. The summed E-state index contributed by atoms with van der Waals surface area (Å²) in [7, 11) is -1.94. The van der Waals surface area contributed by atoms with Crippen LogP contribution in [0.5, 0.6) is 5.75 Å². The summed E-state index contributed by atoms with van der Waals surface area (Å²) >= 11 is 0. The lowest BCUT2D eigenvalue weighted by Gasteiger charge is -2.08. The highest BCUT2D eigenvalue weighted by Gasteiger charge is 2.12. The van der Waals surface area contributed by atoms with Crippen molar-refractivity contribution in [3.05, 3.63) is 54.1 Å². The molecule has 2 aromatic carbocycles. The van der Waals surface area contributed by atoms with Gasteiger partial charge in [-0.2, -0.15) is 0 Å². The van der Waals surface area contributed by atoms with Gasteiger partial charge in [0, 0.05) is 12.2 Å². The van der Waals surface area contributed by atoms with E-state index in [-0.39, 0.29) is 47.9 Å². The minimum atomic E-state index is -3.54. The van der Waals surface area contributed by atoms with Gasteiger partial charge in [-0.05, 0) is 43.3 Å². The summed E-state index contributed by atoms with van der Waals surface area (Å²) < 4.78 is 31.8. The van der Waals surface area contributed by atoms with E-state index in [1.807, 2.05) is 6.92 Å². The molecule has 7 nitrogen and oxygen atoms in total. The van der Waals surface area contributed by atoms with Crippen molar-refractivity contribution >= 4 is 45.6 Å². The highest BCUT2D eigenvalue weighted by Crippen LogP contribution is 2.14. The number of hydrogen-bond donors (Lipinski definition) is 3. The fourth-order valence-electron chi connectivity index (χ4n) is 2.02. The second kappa shape index (κ2) is 10.3. The van der Waals surface area contributed by atoms with Crippen LogP contribution in [0.15, 0.2) is 58.4 Å². The minimum Gasteiger partial charge on any atom is -0.497 e. The number of benzene rings is 2. The first-order chi connectivity index (χ1) is 11.9. The number of nitrogens with one attached hydrogen (secondary N) is 2. The van der Waals surface area contributed by atoms with Crippen LogP contribution in [0.3, 0.4) is 0 Å². The van der Waals surface area contributed by atoms with Gasteiger partial charge in [-0.25, -0.2) is 13.1 Å². The Balaban J connectivity index is 0.00000338. The van der Waals surface area contributed by atoms with Crippen molar-refractivity contribution in [1.29, 1.82) is 0 Å². The van der Waals surface area contributed by atoms with E-state index in [0.29, 0.717) is 0 Å². The van der Waals surface area contributed by atoms with Gasteiger partial charge in [0.2, 0.25) is 10.0 Å². The van der Waals surface area contributed by atoms with Crippen LogP contribution in [0.1, 0.15) is 5.56 Å². The van der Waals surface area contributed by atoms with Crippen LogP contribution in [0.2, 0.25) is 0 Å². The molecule has 4 N–H and O–H groups in total. The van der Waals surface area contributed by atoms with Gasteiger partial charge in [0.1, 0.15) is 5.75 Å². The molecule has 0 radical (unpaired) electrons. The van der Waals surface area contributed by atoms with Crippen molar-refractivity contribution in [1.82, 2.24) is 4.72 Å². The SMILES string of the molecule is COc1ccc(NC(N)=NCCNS(=O)(=O)c2ccc(C)cc2)cc1.I. The molecule has 0 atom stereocenters. The molecular formula is C17H23IN4O3S. The number of aryl methyl sites for hydroxylation is 1. The van der Waals surface area contributed by atoms with E-state index in [1.165, 1.54) is 0 Å². The number of sulfonamides is 1. The third kappa shape index (κ3) is 6.81. The number of rotatable bonds is 7. The number of hydrogen-bond acceptors (Lipinski definition) is 4. The molecule has 0 aliphatic carbocycles. The summed E-state index contributed by atoms with van der Waals surface area (Å²) in [6.07, 6.45) is 0. The van der Waals surface area contributed by atoms with Crippen molar-refractivity contribution in [2.24, 2.45) is 10.7 Å². The molecule has 0 saturated heterocycles. The molecule has 2 aromatic rings. The summed E-state index contributed by atoms with van der Waals surface area (Å²) in [5, 5.41) is 2.92. The number of nitrogens with two attached hydrogens (primary N) is 1. The van der Waals surface area contributed by atoms with E-state index >= 15 is 0 Å². The van der Waals surface area contributed by atoms with Crippen molar-refractivity contribution < 1.29 is 13.2 Å². The fraction of sp³-hybridized carbons (Fsp3) is 0.235. The Morgan fingerprint density at radius 1 is 1.12 bits per heavy atom. The standard InChI is InChI=1S/C17H22N4O3S.HI/c1-13-3-9-16(10-4-13)25(22,23)20-12-11-19-17(18)21-14-5-7-15(24-2)8-6-14;/h3-10,20H,11-12H2,1-2H3,(H3,18,19,21);1H. The molecule has 26 heavy (non-hydrogen) atoms. The highest BCUT2D eigenvalue weighted by atomic mass is 127. The Bertz CT molecular complexity index is 822. The van der Waals surface area contributed by atoms with Crippen LogP contribution in [0.4, 0.5) is 5.69 Å². The quantitative estimate of drug-likeness (QED) is 0.239. The van der Waals surface area contributed by atoms with Crippen molar-refractivity contribution in [2.45, 2.75) is 11.8 Å². The zero-order valence-electron chi connectivity index (χ0n) is 14.6. The monoisotopic (exact) mass is 490 g/mol. The zero-order chi connectivity index (χ0) is 18.3. The summed E-state index contributed by atoms with van der Waals surface area (Å²) in [6, 6.07) is 13.9. The normalized spacial score (nSPS) is 11.5. The lowest BCUT2D eigenvalue weighted by Crippen LogP contribution is -2.28. The smallest absolute Gasteiger partial charge is 0.240 e. The summed E-state index contributed by atoms with van der Waals surface area (Å²) in [5.41, 5.74) is 7.55. The Morgan fingerprint density at radius 3 is 2.31 bits per heavy atom. The number of aliphatic imine (C=N–C) groups is 1. The predicted octanol–water partition coefficient (Wildman–Crippen LogP) is 2.33. The van der Waals surface area contributed by atoms with Gasteiger partial charge in [-0.15, -0.1) is 24.0 Å². The first kappa shape index (κ1) is 22.2. The van der Waals surface area contributed by atoms with E-state index < -0.39 is 10.0 Å². The molecule has 2 rings (SSSR count). The minimum absolute atomic E-state index is 0. The molecule has 0 aliphatic heterocycles. The van der Waals surface area contributed by atoms with Crippen LogP contribution in [-0.4, -0.2) is 34.6 Å². The number of ether oxygens (including phenoxy) is 1. The second-order valence-corrected chi connectivity index (χ2v) is 7.10. The Labute approximate surface area is 171 Å². The van der Waals surface area contributed by atoms with Gasteiger partial charge >= 0.3 is 0 Å². The Kier molecular flexibility index (Phi) is 8.82. The van der Waals surface area contributed by atoms with Crippen molar-refractivity contribution in [3.63, 3.8) is 0 Å². The van der Waals surface area contributed by atoms with Crippen LogP contribution in [-0.2, 0) is 10.0 Å². The van der Waals surface area contributed by atoms with Crippen molar-refractivity contribution in [2.75, 3.05) is 25.5 Å². The fourth-order valence-corrected chi connectivity index (χ4v) is 3.04. The summed E-state index contributed by atoms with van der Waals surface area (Å²) in [5.74, 6) is 0.950. The third-order valence-corrected chi connectivity index (χ3v) is 4.86. The van der Waals surface area contributed by atoms with Crippen LogP contribution in [0.25, 0.3) is 0 Å². The predicted molar refractivity (Wildman–Crippen MR) is 115 cm³/mol. The number of guanidine groups is 1. The molecule has 0 heterocycles. The average molecular weight is 490 g/mol. The van der Waals surface area contributed by atoms with Gasteiger partial charge in [-0.3, -0.25) is 4.99 Å². The molecule has 0 saturated carbocycles. The van der Waals surface area contributed by atoms with Gasteiger partial charge in [0.15, 0.2) is 5.96 Å². The van der Waals surface area contributed by atoms with Gasteiger partial charge < -0.3 is 15.8 Å². The molecular weight excluding hydrogens is 467 g/mol. The molecule has 0 bridgehead atoms. The van der Waals surface area contributed by atoms with Crippen LogP contribution in [0, 0.1) is 6.92 Å². The van der Waals surface area contributed by atoms with Crippen molar-refractivity contribution in [3.8, 4) is 5.75 Å². The summed E-state index contributed by atoms with van der Waals surface area (Å²) in [6.45, 7) is 2.28. The number of methoxy groups -OCH3 is 1. The number of nitrogens with zero attached hydrogens (tertiary/aromatic N) is 1. The van der Waals surface area contributed by atoms with E-state index in [9.17, 15) is 8.42 Å². The van der Waals surface area contributed by atoms with Gasteiger partial charge in [-0.1, -0.05) is 17.7 Å². The molecule has 0 amide bonds. The van der Waals surface area contributed by atoms with Crippen LogP contribution < -0.4 is 20.5 Å². The van der Waals surface area contributed by atoms with Crippen LogP contribution >= 0.6 is 24.0 Å². The topological polar surface area (TPSA) is 106 Å². The van der Waals surface area contributed by atoms with E-state index in [0.717, 1.165) is 17.0 Å². The average Bonchev–Trinajstić information content (AvgIpc) is 2.60. The number of halogens is 1. The second-order valence-electron chi connectivity index (χ2n) is 5.33. The molecule has 9 heteroatoms. The largest absolute Gasteiger partial charge is 0.497 e. The Hall–Kier alpha value is -1.85. The molecule has 0 spiro atoms. The van der Waals surface area contributed by atoms with Gasteiger partial charge in [0.25, 0.3) is 0 Å². The van der Waals surface area contributed by atoms with E-state index in [4.69, 9.17) is 10.5 Å². The van der Waals surface area contributed by atoms with Gasteiger partial charge in [0.05, 0.1) is 18.6 Å². The lowest BCUT2D eigenvalue weighted by atomic mass is 10.2. The molecule has 0 aromatic heterocycles. The highest BCUT2D eigenvalue weighted by molar-refractivity contribution is 14.0. The van der Waals surface area contributed by atoms with E-state index in [2.05, 4.69) is 15.0 Å². The molecule has 142 valence electrons. The number of anilines is 1. The molecule has 0 aliphatic rings. The maximum Gasteiger partial charge on any atom is 0.240 e. The summed E-state index contributed by atoms with van der Waals surface area (Å²) in [4.78, 5) is 4.33. The molecule has 0 unspecified atom stereocenters. The Morgan fingerprint density at radius 2 is 1.73 bits per heavy atom.